The standard InChI is InChI=1S/C8H17NO2/c1-6(2)9-8(10)5-7(3)11-4/h6-7H,5H2,1-4H3,(H,9,10). The van der Waals surface area contributed by atoms with Crippen molar-refractivity contribution in [3.63, 3.8) is 0 Å². The monoisotopic (exact) mass is 159 g/mol. The smallest absolute Gasteiger partial charge is 0.222 e. The summed E-state index contributed by atoms with van der Waals surface area (Å²) in [5, 5.41) is 2.79. The fourth-order valence-electron chi connectivity index (χ4n) is 0.725. The van der Waals surface area contributed by atoms with Gasteiger partial charge in [0.05, 0.1) is 12.5 Å². The summed E-state index contributed by atoms with van der Waals surface area (Å²) < 4.78 is 4.94. The highest BCUT2D eigenvalue weighted by Gasteiger charge is 2.07. The summed E-state index contributed by atoms with van der Waals surface area (Å²) in [6.45, 7) is 5.75. The summed E-state index contributed by atoms with van der Waals surface area (Å²) in [7, 11) is 1.60. The summed E-state index contributed by atoms with van der Waals surface area (Å²) in [6.07, 6.45) is 0.447. The second kappa shape index (κ2) is 5.13. The molecule has 0 aliphatic heterocycles. The zero-order valence-corrected chi connectivity index (χ0v) is 7.68. The molecule has 66 valence electrons. The van der Waals surface area contributed by atoms with Crippen LogP contribution in [0.15, 0.2) is 0 Å². The molecule has 1 amide bonds. The first-order valence-corrected chi connectivity index (χ1v) is 3.88. The second-order valence-corrected chi connectivity index (χ2v) is 2.97. The number of ether oxygens (including phenoxy) is 1. The van der Waals surface area contributed by atoms with Crippen LogP contribution in [0.4, 0.5) is 0 Å². The molecule has 0 aliphatic carbocycles. The molecule has 0 spiro atoms. The summed E-state index contributed by atoms with van der Waals surface area (Å²) in [4.78, 5) is 11.0. The molecule has 3 nitrogen and oxygen atoms in total. The van der Waals surface area contributed by atoms with Gasteiger partial charge in [0.2, 0.25) is 5.91 Å². The van der Waals surface area contributed by atoms with Gasteiger partial charge < -0.3 is 10.1 Å². The molecule has 11 heavy (non-hydrogen) atoms. The van der Waals surface area contributed by atoms with E-state index in [1.807, 2.05) is 20.8 Å². The topological polar surface area (TPSA) is 38.3 Å². The van der Waals surface area contributed by atoms with Crippen molar-refractivity contribution in [2.24, 2.45) is 0 Å². The van der Waals surface area contributed by atoms with Crippen LogP contribution in [0.2, 0.25) is 0 Å². The maximum absolute atomic E-state index is 11.0. The minimum atomic E-state index is 0.00810. The number of hydrogen-bond acceptors (Lipinski definition) is 2. The highest BCUT2D eigenvalue weighted by atomic mass is 16.5. The van der Waals surface area contributed by atoms with E-state index < -0.39 is 0 Å². The number of rotatable bonds is 4. The lowest BCUT2D eigenvalue weighted by molar-refractivity contribution is -0.123. The van der Waals surface area contributed by atoms with Gasteiger partial charge in [-0.15, -0.1) is 0 Å². The summed E-state index contributed by atoms with van der Waals surface area (Å²) in [6, 6.07) is 0.214. The molecule has 0 saturated heterocycles. The molecule has 0 aliphatic rings. The Hall–Kier alpha value is -0.570. The molecule has 0 bridgehead atoms. The lowest BCUT2D eigenvalue weighted by Crippen LogP contribution is -2.32. The third-order valence-electron chi connectivity index (χ3n) is 1.32. The Bertz CT molecular complexity index is 123. The van der Waals surface area contributed by atoms with Crippen LogP contribution in [-0.4, -0.2) is 25.2 Å². The van der Waals surface area contributed by atoms with Crippen LogP contribution in [0, 0.1) is 0 Å². The molecule has 0 fully saturated rings. The quantitative estimate of drug-likeness (QED) is 0.663. The Morgan fingerprint density at radius 1 is 1.45 bits per heavy atom. The normalized spacial score (nSPS) is 13.2. The van der Waals surface area contributed by atoms with Gasteiger partial charge in [-0.3, -0.25) is 4.79 Å². The summed E-state index contributed by atoms with van der Waals surface area (Å²) in [5.41, 5.74) is 0. The number of carbonyl (C=O) groups excluding carboxylic acids is 1. The Morgan fingerprint density at radius 2 is 2.00 bits per heavy atom. The third kappa shape index (κ3) is 5.85. The van der Waals surface area contributed by atoms with Crippen molar-refractivity contribution in [1.82, 2.24) is 5.32 Å². The van der Waals surface area contributed by atoms with Gasteiger partial charge in [0, 0.05) is 13.2 Å². The molecule has 0 heterocycles. The molecule has 0 aromatic heterocycles. The average molecular weight is 159 g/mol. The predicted octanol–water partition coefficient (Wildman–Crippen LogP) is 0.936. The molecule has 0 saturated carbocycles. The molecular formula is C8H17NO2. The minimum Gasteiger partial charge on any atom is -0.381 e. The van der Waals surface area contributed by atoms with E-state index >= 15 is 0 Å². The first-order chi connectivity index (χ1) is 5.06. The van der Waals surface area contributed by atoms with E-state index in [1.165, 1.54) is 0 Å². The number of nitrogens with one attached hydrogen (secondary N) is 1. The van der Waals surface area contributed by atoms with E-state index in [9.17, 15) is 4.79 Å². The van der Waals surface area contributed by atoms with Crippen LogP contribution in [0.25, 0.3) is 0 Å². The van der Waals surface area contributed by atoms with Crippen LogP contribution in [-0.2, 0) is 9.53 Å². The highest BCUT2D eigenvalue weighted by Crippen LogP contribution is 1.94. The number of amides is 1. The Kier molecular flexibility index (Phi) is 4.86. The SMILES string of the molecule is COC(C)CC(=O)NC(C)C. The lowest BCUT2D eigenvalue weighted by Gasteiger charge is -2.11. The highest BCUT2D eigenvalue weighted by molar-refractivity contribution is 5.76. The zero-order chi connectivity index (χ0) is 8.85. The number of carbonyl (C=O) groups is 1. The lowest BCUT2D eigenvalue weighted by atomic mass is 10.2. The number of methoxy groups -OCH3 is 1. The van der Waals surface area contributed by atoms with Gasteiger partial charge in [0.25, 0.3) is 0 Å². The van der Waals surface area contributed by atoms with Crippen molar-refractivity contribution < 1.29 is 9.53 Å². The van der Waals surface area contributed by atoms with Gasteiger partial charge in [-0.05, 0) is 20.8 Å². The first-order valence-electron chi connectivity index (χ1n) is 3.88. The maximum atomic E-state index is 11.0. The van der Waals surface area contributed by atoms with Crippen LogP contribution < -0.4 is 5.32 Å². The molecule has 3 heteroatoms. The molecule has 0 radical (unpaired) electrons. The molecule has 0 aromatic rings. The van der Waals surface area contributed by atoms with Crippen molar-refractivity contribution in [1.29, 1.82) is 0 Å². The maximum Gasteiger partial charge on any atom is 0.222 e. The summed E-state index contributed by atoms with van der Waals surface area (Å²) >= 11 is 0. The van der Waals surface area contributed by atoms with Gasteiger partial charge in [-0.1, -0.05) is 0 Å². The predicted molar refractivity (Wildman–Crippen MR) is 44.4 cm³/mol. The molecule has 1 atom stereocenters. The largest absolute Gasteiger partial charge is 0.381 e. The molecule has 1 unspecified atom stereocenters. The Labute approximate surface area is 68.1 Å². The molecule has 0 rings (SSSR count). The van der Waals surface area contributed by atoms with Gasteiger partial charge in [-0.2, -0.15) is 0 Å². The molecule has 0 aromatic carbocycles. The minimum absolute atomic E-state index is 0.00810. The van der Waals surface area contributed by atoms with Crippen molar-refractivity contribution in [3.8, 4) is 0 Å². The third-order valence-corrected chi connectivity index (χ3v) is 1.32. The fraction of sp³-hybridized carbons (Fsp3) is 0.875. The Balaban J connectivity index is 3.52. The van der Waals surface area contributed by atoms with E-state index in [1.54, 1.807) is 7.11 Å². The van der Waals surface area contributed by atoms with Gasteiger partial charge >= 0.3 is 0 Å². The van der Waals surface area contributed by atoms with Crippen molar-refractivity contribution >= 4 is 5.91 Å². The van der Waals surface area contributed by atoms with Gasteiger partial charge in [-0.25, -0.2) is 0 Å². The van der Waals surface area contributed by atoms with Crippen LogP contribution in [0.5, 0.6) is 0 Å². The second-order valence-electron chi connectivity index (χ2n) is 2.97. The van der Waals surface area contributed by atoms with Gasteiger partial charge in [0.1, 0.15) is 0 Å². The van der Waals surface area contributed by atoms with E-state index in [4.69, 9.17) is 4.74 Å². The van der Waals surface area contributed by atoms with Crippen LogP contribution in [0.3, 0.4) is 0 Å². The van der Waals surface area contributed by atoms with E-state index in [-0.39, 0.29) is 18.1 Å². The average Bonchev–Trinajstić information content (AvgIpc) is 1.85. The Morgan fingerprint density at radius 3 is 2.36 bits per heavy atom. The van der Waals surface area contributed by atoms with Crippen LogP contribution >= 0.6 is 0 Å². The van der Waals surface area contributed by atoms with E-state index in [0.29, 0.717) is 6.42 Å². The fourth-order valence-corrected chi connectivity index (χ4v) is 0.725. The molecular weight excluding hydrogens is 142 g/mol. The first kappa shape index (κ1) is 10.4. The summed E-state index contributed by atoms with van der Waals surface area (Å²) in [5.74, 6) is 0.0503. The van der Waals surface area contributed by atoms with Gasteiger partial charge in [0.15, 0.2) is 0 Å². The molecule has 1 N–H and O–H groups in total. The number of hydrogen-bond donors (Lipinski definition) is 1. The van der Waals surface area contributed by atoms with E-state index in [0.717, 1.165) is 0 Å². The van der Waals surface area contributed by atoms with Crippen LogP contribution in [0.1, 0.15) is 27.2 Å². The van der Waals surface area contributed by atoms with E-state index in [2.05, 4.69) is 5.32 Å². The van der Waals surface area contributed by atoms with Crippen molar-refractivity contribution in [2.75, 3.05) is 7.11 Å². The van der Waals surface area contributed by atoms with Crippen molar-refractivity contribution in [2.45, 2.75) is 39.3 Å². The zero-order valence-electron chi connectivity index (χ0n) is 7.68. The van der Waals surface area contributed by atoms with Crippen molar-refractivity contribution in [3.05, 3.63) is 0 Å².